The number of hydrogen-bond acceptors (Lipinski definition) is 7. The first-order chi connectivity index (χ1) is 9.96. The summed E-state index contributed by atoms with van der Waals surface area (Å²) in [5, 5.41) is 29.3. The van der Waals surface area contributed by atoms with Crippen LogP contribution in [0.25, 0.3) is 0 Å². The monoisotopic (exact) mass is 302 g/mol. The van der Waals surface area contributed by atoms with Gasteiger partial charge >= 0.3 is 5.69 Å². The topological polar surface area (TPSA) is 134 Å². The van der Waals surface area contributed by atoms with Gasteiger partial charge in [-0.15, -0.1) is 0 Å². The van der Waals surface area contributed by atoms with E-state index < -0.39 is 42.1 Å². The summed E-state index contributed by atoms with van der Waals surface area (Å²) < 4.78 is 11.7. The lowest BCUT2D eigenvalue weighted by Crippen LogP contribution is -2.53. The van der Waals surface area contributed by atoms with Crippen LogP contribution in [0.2, 0.25) is 0 Å². The van der Waals surface area contributed by atoms with Crippen molar-refractivity contribution in [1.82, 2.24) is 9.55 Å². The highest BCUT2D eigenvalue weighted by Gasteiger charge is 2.57. The maximum Gasteiger partial charge on any atom is 0.332 e. The summed E-state index contributed by atoms with van der Waals surface area (Å²) in [6, 6.07) is 1.06. The minimum absolute atomic E-state index is 0.132. The Labute approximate surface area is 119 Å². The third-order valence-corrected chi connectivity index (χ3v) is 3.25. The Kier molecular flexibility index (Phi) is 4.59. The summed E-state index contributed by atoms with van der Waals surface area (Å²) >= 11 is 0. The van der Waals surface area contributed by atoms with Crippen LogP contribution in [0, 0.1) is 0 Å². The molecule has 0 saturated carbocycles. The molecule has 9 heteroatoms. The molecule has 0 aliphatic carbocycles. The highest BCUT2D eigenvalue weighted by Crippen LogP contribution is 2.35. The molecule has 0 aromatic carbocycles. The number of ether oxygens (including phenoxy) is 2. The normalized spacial score (nSPS) is 32.5. The van der Waals surface area contributed by atoms with Gasteiger partial charge in [-0.1, -0.05) is 6.92 Å². The molecule has 2 heterocycles. The molecule has 9 nitrogen and oxygen atoms in total. The number of aromatic nitrogens is 2. The van der Waals surface area contributed by atoms with Crippen LogP contribution in [0.4, 0.5) is 0 Å². The van der Waals surface area contributed by atoms with Crippen molar-refractivity contribution in [3.63, 3.8) is 0 Å². The van der Waals surface area contributed by atoms with Crippen molar-refractivity contribution in [2.45, 2.75) is 37.6 Å². The van der Waals surface area contributed by atoms with Crippen LogP contribution in [0.5, 0.6) is 0 Å². The van der Waals surface area contributed by atoms with Crippen molar-refractivity contribution in [2.24, 2.45) is 0 Å². The molecule has 2 rings (SSSR count). The van der Waals surface area contributed by atoms with Gasteiger partial charge < -0.3 is 24.8 Å². The Morgan fingerprint density at radius 1 is 1.48 bits per heavy atom. The van der Waals surface area contributed by atoms with E-state index in [0.29, 0.717) is 6.42 Å². The molecular formula is C12H18N2O7. The van der Waals surface area contributed by atoms with E-state index in [1.165, 1.54) is 0 Å². The van der Waals surface area contributed by atoms with E-state index in [-0.39, 0.29) is 6.61 Å². The molecular weight excluding hydrogens is 284 g/mol. The smallest absolute Gasteiger partial charge is 0.332 e. The molecule has 0 radical (unpaired) electrons. The molecule has 0 bridgehead atoms. The summed E-state index contributed by atoms with van der Waals surface area (Å²) in [4.78, 5) is 25.1. The lowest BCUT2D eigenvalue weighted by Gasteiger charge is -2.33. The first kappa shape index (κ1) is 15.9. The zero-order chi connectivity index (χ0) is 15.6. The maximum atomic E-state index is 11.9. The van der Waals surface area contributed by atoms with E-state index in [4.69, 9.17) is 9.47 Å². The van der Waals surface area contributed by atoms with E-state index in [9.17, 15) is 24.9 Å². The zero-order valence-corrected chi connectivity index (χ0v) is 11.4. The van der Waals surface area contributed by atoms with Gasteiger partial charge in [0.25, 0.3) is 11.5 Å². The number of aliphatic hydroxyl groups excluding tert-OH is 3. The number of hydrogen-bond donors (Lipinski definition) is 4. The molecule has 0 amide bonds. The van der Waals surface area contributed by atoms with Gasteiger partial charge in [0.05, 0.1) is 13.2 Å². The molecule has 1 saturated heterocycles. The molecule has 0 spiro atoms. The predicted octanol–water partition coefficient (Wildman–Crippen LogP) is -2.31. The minimum Gasteiger partial charge on any atom is -0.394 e. The first-order valence-corrected chi connectivity index (χ1v) is 6.57. The van der Waals surface area contributed by atoms with Crippen LogP contribution in [-0.2, 0) is 15.4 Å². The zero-order valence-electron chi connectivity index (χ0n) is 11.4. The Hall–Kier alpha value is -1.52. The molecule has 1 aromatic heterocycles. The molecule has 4 N–H and O–H groups in total. The van der Waals surface area contributed by atoms with E-state index in [1.807, 2.05) is 11.9 Å². The third kappa shape index (κ3) is 2.65. The summed E-state index contributed by atoms with van der Waals surface area (Å²) in [6.07, 6.45) is -2.49. The average molecular weight is 302 g/mol. The van der Waals surface area contributed by atoms with Gasteiger partial charge in [0, 0.05) is 12.3 Å². The maximum absolute atomic E-state index is 11.9. The second-order valence-corrected chi connectivity index (χ2v) is 4.73. The molecule has 118 valence electrons. The fourth-order valence-corrected chi connectivity index (χ4v) is 2.22. The highest BCUT2D eigenvalue weighted by molar-refractivity contribution is 4.97. The lowest BCUT2D eigenvalue weighted by atomic mass is 10.1. The number of rotatable bonds is 5. The summed E-state index contributed by atoms with van der Waals surface area (Å²) in [7, 11) is 0. The molecule has 0 unspecified atom stereocenters. The summed E-state index contributed by atoms with van der Waals surface area (Å²) in [5.41, 5.74) is -1.47. The van der Waals surface area contributed by atoms with Crippen LogP contribution < -0.4 is 11.2 Å². The number of H-pyrrole nitrogens is 1. The van der Waals surface area contributed by atoms with E-state index in [0.717, 1.165) is 16.8 Å². The molecule has 4 atom stereocenters. The number of aromatic amines is 1. The fraction of sp³-hybridized carbons (Fsp3) is 0.667. The molecule has 1 aliphatic heterocycles. The third-order valence-electron chi connectivity index (χ3n) is 3.25. The Morgan fingerprint density at radius 2 is 2.19 bits per heavy atom. The largest absolute Gasteiger partial charge is 0.394 e. The van der Waals surface area contributed by atoms with Crippen molar-refractivity contribution in [2.75, 3.05) is 13.2 Å². The quantitative estimate of drug-likeness (QED) is 0.480. The van der Waals surface area contributed by atoms with Crippen molar-refractivity contribution >= 4 is 0 Å². The molecule has 1 fully saturated rings. The van der Waals surface area contributed by atoms with Gasteiger partial charge in [-0.05, 0) is 6.42 Å². The first-order valence-electron chi connectivity index (χ1n) is 6.57. The number of aliphatic hydroxyl groups is 3. The van der Waals surface area contributed by atoms with Crippen LogP contribution in [0.3, 0.4) is 0 Å². The molecule has 1 aliphatic rings. The van der Waals surface area contributed by atoms with Gasteiger partial charge in [-0.2, -0.15) is 0 Å². The number of nitrogens with zero attached hydrogens (tertiary/aromatic N) is 1. The molecule has 1 aromatic rings. The van der Waals surface area contributed by atoms with Crippen molar-refractivity contribution in [3.8, 4) is 0 Å². The summed E-state index contributed by atoms with van der Waals surface area (Å²) in [5.74, 6) is -2.00. The van der Waals surface area contributed by atoms with Gasteiger partial charge in [0.1, 0.15) is 12.2 Å². The summed E-state index contributed by atoms with van der Waals surface area (Å²) in [6.45, 7) is 1.38. The van der Waals surface area contributed by atoms with Gasteiger partial charge in [0.2, 0.25) is 0 Å². The number of nitrogens with one attached hydrogen (secondary N) is 1. The van der Waals surface area contributed by atoms with Gasteiger partial charge in [0.15, 0.2) is 6.10 Å². The van der Waals surface area contributed by atoms with Crippen molar-refractivity contribution < 1.29 is 24.8 Å². The lowest BCUT2D eigenvalue weighted by molar-refractivity contribution is -0.317. The highest BCUT2D eigenvalue weighted by atomic mass is 16.7. The van der Waals surface area contributed by atoms with E-state index in [1.54, 1.807) is 0 Å². The van der Waals surface area contributed by atoms with Crippen LogP contribution in [-0.4, -0.2) is 56.4 Å². The Morgan fingerprint density at radius 3 is 2.71 bits per heavy atom. The molecule has 21 heavy (non-hydrogen) atoms. The standard InChI is InChI=1S/C12H18N2O7/c1-2-5-20-12(10(18)9(17)7(6-15)21-12)14-4-3-8(16)13-11(14)19/h3-4,7,9-10,15,17-18H,2,5-6H2,1H3,(H,13,16,19)/t7-,9-,10-,12-/m1/s1. The Balaban J connectivity index is 2.52. The van der Waals surface area contributed by atoms with Gasteiger partial charge in [-0.25, -0.2) is 9.36 Å². The van der Waals surface area contributed by atoms with E-state index in [2.05, 4.69) is 0 Å². The Bertz CT molecular complexity index is 598. The average Bonchev–Trinajstić information content (AvgIpc) is 2.70. The van der Waals surface area contributed by atoms with Crippen LogP contribution in [0.15, 0.2) is 21.9 Å². The van der Waals surface area contributed by atoms with Crippen molar-refractivity contribution in [1.29, 1.82) is 0 Å². The van der Waals surface area contributed by atoms with Crippen LogP contribution >= 0.6 is 0 Å². The fourth-order valence-electron chi connectivity index (χ4n) is 2.22. The SMILES string of the molecule is CCCO[C@@]1(n2ccc(=O)[nH]c2=O)O[C@H](CO)[C@@H](O)[C@H]1O. The van der Waals surface area contributed by atoms with E-state index >= 15 is 0 Å². The second-order valence-electron chi connectivity index (χ2n) is 4.73. The predicted molar refractivity (Wildman–Crippen MR) is 69.5 cm³/mol. The second kappa shape index (κ2) is 6.08. The van der Waals surface area contributed by atoms with Gasteiger partial charge in [-0.3, -0.25) is 9.78 Å². The van der Waals surface area contributed by atoms with Crippen LogP contribution in [0.1, 0.15) is 13.3 Å². The van der Waals surface area contributed by atoms with Crippen molar-refractivity contribution in [3.05, 3.63) is 33.1 Å². The minimum atomic E-state index is -2.00.